The first kappa shape index (κ1) is 23.6. The molecule has 0 aromatic heterocycles. The highest BCUT2D eigenvalue weighted by Crippen LogP contribution is 2.72. The van der Waals surface area contributed by atoms with E-state index >= 15 is 0 Å². The molecule has 1 heteroatoms. The molecule has 0 aromatic rings. The molecule has 31 heavy (non-hydrogen) atoms. The Balaban J connectivity index is 1.65. The zero-order valence-electron chi connectivity index (χ0n) is 21.9. The topological polar surface area (TPSA) is 20.2 Å². The highest BCUT2D eigenvalue weighted by molar-refractivity contribution is 5.38. The van der Waals surface area contributed by atoms with Crippen LogP contribution in [0.4, 0.5) is 0 Å². The maximum Gasteiger partial charge on any atom is 0.0594 e. The van der Waals surface area contributed by atoms with Crippen molar-refractivity contribution in [2.75, 3.05) is 0 Å². The summed E-state index contributed by atoms with van der Waals surface area (Å²) in [6, 6.07) is 0. The minimum absolute atomic E-state index is 0.0465. The SMILES string of the molecule is CC(C)=CCCC(C)C1CC[C@@]2(C)C3=C(CCC12C)C1(C)CCC(O)C(C)(C)C1CC3. The third-order valence-electron chi connectivity index (χ3n) is 11.7. The van der Waals surface area contributed by atoms with Gasteiger partial charge in [-0.2, -0.15) is 0 Å². The Morgan fingerprint density at radius 3 is 2.35 bits per heavy atom. The molecule has 0 amide bonds. The highest BCUT2D eigenvalue weighted by Gasteiger charge is 2.63. The van der Waals surface area contributed by atoms with Crippen molar-refractivity contribution >= 4 is 0 Å². The Morgan fingerprint density at radius 1 is 0.968 bits per heavy atom. The molecule has 0 saturated heterocycles. The molecule has 4 aliphatic carbocycles. The van der Waals surface area contributed by atoms with Crippen molar-refractivity contribution in [3.8, 4) is 0 Å². The average molecular weight is 427 g/mol. The third kappa shape index (κ3) is 3.34. The molecule has 0 bridgehead atoms. The van der Waals surface area contributed by atoms with Crippen molar-refractivity contribution in [3.05, 3.63) is 22.8 Å². The lowest BCUT2D eigenvalue weighted by Gasteiger charge is -2.62. The van der Waals surface area contributed by atoms with E-state index in [0.717, 1.165) is 18.3 Å². The minimum Gasteiger partial charge on any atom is -0.393 e. The second-order valence-corrected chi connectivity index (χ2v) is 13.6. The summed E-state index contributed by atoms with van der Waals surface area (Å²) in [6.45, 7) is 19.6. The van der Waals surface area contributed by atoms with Gasteiger partial charge < -0.3 is 5.11 Å². The number of aliphatic hydroxyl groups is 1. The van der Waals surface area contributed by atoms with Gasteiger partial charge in [-0.15, -0.1) is 0 Å². The van der Waals surface area contributed by atoms with Gasteiger partial charge >= 0.3 is 0 Å². The lowest BCUT2D eigenvalue weighted by molar-refractivity contribution is -0.0962. The van der Waals surface area contributed by atoms with Crippen LogP contribution in [0.25, 0.3) is 0 Å². The molecule has 176 valence electrons. The summed E-state index contributed by atoms with van der Waals surface area (Å²) in [7, 11) is 0. The number of hydrogen-bond acceptors (Lipinski definition) is 1. The highest BCUT2D eigenvalue weighted by atomic mass is 16.3. The molecular formula is C30H50O. The number of fused-ring (bicyclic) bond motifs is 4. The molecule has 4 aliphatic rings. The molecule has 0 heterocycles. The fraction of sp³-hybridized carbons (Fsp3) is 0.867. The van der Waals surface area contributed by atoms with Crippen molar-refractivity contribution in [1.29, 1.82) is 0 Å². The lowest BCUT2D eigenvalue weighted by atomic mass is 9.43. The van der Waals surface area contributed by atoms with Gasteiger partial charge in [-0.25, -0.2) is 0 Å². The summed E-state index contributed by atoms with van der Waals surface area (Å²) in [5.41, 5.74) is 6.41. The first-order valence-electron chi connectivity index (χ1n) is 13.4. The molecule has 7 atom stereocenters. The van der Waals surface area contributed by atoms with Crippen molar-refractivity contribution in [2.45, 2.75) is 126 Å². The molecular weight excluding hydrogens is 376 g/mol. The molecule has 0 radical (unpaired) electrons. The van der Waals surface area contributed by atoms with Crippen LogP contribution in [0.3, 0.4) is 0 Å². The van der Waals surface area contributed by atoms with Crippen LogP contribution in [-0.2, 0) is 0 Å². The molecule has 0 aliphatic heterocycles. The fourth-order valence-corrected chi connectivity index (χ4v) is 9.47. The van der Waals surface area contributed by atoms with E-state index in [0.29, 0.717) is 22.2 Å². The monoisotopic (exact) mass is 426 g/mol. The van der Waals surface area contributed by atoms with Crippen LogP contribution < -0.4 is 0 Å². The van der Waals surface area contributed by atoms with Gasteiger partial charge in [0.25, 0.3) is 0 Å². The molecule has 4 rings (SSSR count). The van der Waals surface area contributed by atoms with E-state index in [1.54, 1.807) is 0 Å². The van der Waals surface area contributed by atoms with Gasteiger partial charge in [-0.05, 0) is 117 Å². The van der Waals surface area contributed by atoms with Gasteiger partial charge in [0.05, 0.1) is 6.10 Å². The fourth-order valence-electron chi connectivity index (χ4n) is 9.47. The zero-order chi connectivity index (χ0) is 22.8. The molecule has 1 nitrogen and oxygen atoms in total. The van der Waals surface area contributed by atoms with Gasteiger partial charge in [0.1, 0.15) is 0 Å². The summed E-state index contributed by atoms with van der Waals surface area (Å²) in [5, 5.41) is 10.8. The Labute approximate surface area is 193 Å². The van der Waals surface area contributed by atoms with E-state index in [1.807, 2.05) is 11.1 Å². The van der Waals surface area contributed by atoms with Gasteiger partial charge in [-0.1, -0.05) is 64.3 Å². The first-order chi connectivity index (χ1) is 14.4. The van der Waals surface area contributed by atoms with Crippen molar-refractivity contribution in [1.82, 2.24) is 0 Å². The van der Waals surface area contributed by atoms with E-state index < -0.39 is 0 Å². The lowest BCUT2D eigenvalue weighted by Crippen LogP contribution is -2.55. The van der Waals surface area contributed by atoms with E-state index in [2.05, 4.69) is 61.5 Å². The Morgan fingerprint density at radius 2 is 1.68 bits per heavy atom. The number of rotatable bonds is 4. The van der Waals surface area contributed by atoms with Crippen LogP contribution in [0, 0.1) is 39.4 Å². The predicted octanol–water partition coefficient (Wildman–Crippen LogP) is 8.48. The van der Waals surface area contributed by atoms with Gasteiger partial charge in [0.15, 0.2) is 0 Å². The maximum absolute atomic E-state index is 10.8. The number of hydrogen-bond donors (Lipinski definition) is 1. The van der Waals surface area contributed by atoms with Gasteiger partial charge in [0, 0.05) is 0 Å². The van der Waals surface area contributed by atoms with Crippen molar-refractivity contribution in [3.63, 3.8) is 0 Å². The number of aliphatic hydroxyl groups excluding tert-OH is 1. The Kier molecular flexibility index (Phi) is 5.90. The van der Waals surface area contributed by atoms with Crippen LogP contribution in [0.5, 0.6) is 0 Å². The van der Waals surface area contributed by atoms with Gasteiger partial charge in [0.2, 0.25) is 0 Å². The van der Waals surface area contributed by atoms with Crippen molar-refractivity contribution < 1.29 is 5.11 Å². The Hall–Kier alpha value is -0.560. The molecule has 2 fully saturated rings. The Bertz CT molecular complexity index is 767. The summed E-state index contributed by atoms with van der Waals surface area (Å²) < 4.78 is 0. The second kappa shape index (κ2) is 7.75. The van der Waals surface area contributed by atoms with Gasteiger partial charge in [-0.3, -0.25) is 0 Å². The quantitative estimate of drug-likeness (QED) is 0.447. The first-order valence-corrected chi connectivity index (χ1v) is 13.4. The van der Waals surface area contributed by atoms with E-state index in [1.165, 1.54) is 63.4 Å². The van der Waals surface area contributed by atoms with Crippen LogP contribution in [0.1, 0.15) is 120 Å². The minimum atomic E-state index is -0.130. The van der Waals surface area contributed by atoms with E-state index in [-0.39, 0.29) is 11.5 Å². The maximum atomic E-state index is 10.8. The standard InChI is InChI=1S/C30H50O/c1-20(2)10-9-11-21(3)22-14-18-30(8)24-12-13-25-27(4,5)26(31)16-17-28(25,6)23(24)15-19-29(22,30)7/h10,21-22,25-26,31H,9,11-19H2,1-8H3/t21?,22?,25?,26?,28?,29?,30-/m0/s1. The summed E-state index contributed by atoms with van der Waals surface area (Å²) in [6.07, 6.45) is 15.2. The van der Waals surface area contributed by atoms with E-state index in [9.17, 15) is 5.11 Å². The average Bonchev–Trinajstić information content (AvgIpc) is 2.96. The normalized spacial score (nSPS) is 44.9. The summed E-state index contributed by atoms with van der Waals surface area (Å²) in [4.78, 5) is 0. The summed E-state index contributed by atoms with van der Waals surface area (Å²) in [5.74, 6) is 2.32. The molecule has 1 N–H and O–H groups in total. The molecule has 0 aromatic carbocycles. The van der Waals surface area contributed by atoms with E-state index in [4.69, 9.17) is 0 Å². The van der Waals surface area contributed by atoms with Crippen LogP contribution in [-0.4, -0.2) is 11.2 Å². The number of allylic oxidation sites excluding steroid dienone is 4. The molecule has 2 saturated carbocycles. The van der Waals surface area contributed by atoms with Crippen LogP contribution in [0.2, 0.25) is 0 Å². The van der Waals surface area contributed by atoms with Crippen molar-refractivity contribution in [2.24, 2.45) is 39.4 Å². The molecule has 6 unspecified atom stereocenters. The predicted molar refractivity (Wildman–Crippen MR) is 133 cm³/mol. The zero-order valence-corrected chi connectivity index (χ0v) is 21.9. The summed E-state index contributed by atoms with van der Waals surface area (Å²) >= 11 is 0. The largest absolute Gasteiger partial charge is 0.393 e. The smallest absolute Gasteiger partial charge is 0.0594 e. The second-order valence-electron chi connectivity index (χ2n) is 13.6. The van der Waals surface area contributed by atoms with Crippen LogP contribution in [0.15, 0.2) is 22.8 Å². The molecule has 0 spiro atoms. The van der Waals surface area contributed by atoms with Crippen LogP contribution >= 0.6 is 0 Å². The third-order valence-corrected chi connectivity index (χ3v) is 11.7.